The van der Waals surface area contributed by atoms with Gasteiger partial charge in [0.05, 0.1) is 0 Å². The van der Waals surface area contributed by atoms with Gasteiger partial charge in [-0.05, 0) is 23.1 Å². The molecule has 0 unspecified atom stereocenters. The molecule has 0 bridgehead atoms. The van der Waals surface area contributed by atoms with E-state index in [-0.39, 0.29) is 5.91 Å². The van der Waals surface area contributed by atoms with Gasteiger partial charge in [-0.2, -0.15) is 0 Å². The largest absolute Gasteiger partial charge is 0.326 e. The first-order chi connectivity index (χ1) is 10.3. The van der Waals surface area contributed by atoms with Gasteiger partial charge in [-0.3, -0.25) is 9.78 Å². The number of benzene rings is 2. The molecule has 0 spiro atoms. The Hall–Kier alpha value is -2.72. The lowest BCUT2D eigenvalue weighted by Gasteiger charge is -2.10. The van der Waals surface area contributed by atoms with Crippen LogP contribution < -0.4 is 11.1 Å². The third-order valence-electron chi connectivity index (χ3n) is 3.37. The lowest BCUT2D eigenvalue weighted by molar-refractivity contribution is 0.102. The highest BCUT2D eigenvalue weighted by molar-refractivity contribution is 6.11. The normalized spacial score (nSPS) is 10.5. The van der Waals surface area contributed by atoms with E-state index in [0.29, 0.717) is 12.2 Å². The predicted molar refractivity (Wildman–Crippen MR) is 84.0 cm³/mol. The number of rotatable bonds is 3. The minimum Gasteiger partial charge on any atom is -0.326 e. The summed E-state index contributed by atoms with van der Waals surface area (Å²) < 4.78 is 0. The number of nitrogens with one attached hydrogen (secondary N) is 1. The zero-order valence-electron chi connectivity index (χ0n) is 11.4. The molecule has 1 heterocycles. The molecule has 3 aromatic rings. The van der Waals surface area contributed by atoms with Crippen molar-refractivity contribution in [3.05, 3.63) is 72.1 Å². The number of amides is 1. The summed E-state index contributed by atoms with van der Waals surface area (Å²) in [6.45, 7) is 0.374. The van der Waals surface area contributed by atoms with Crippen molar-refractivity contribution >= 4 is 22.4 Å². The van der Waals surface area contributed by atoms with E-state index in [4.69, 9.17) is 5.73 Å². The van der Waals surface area contributed by atoms with E-state index in [0.717, 1.165) is 22.0 Å². The second-order valence-corrected chi connectivity index (χ2v) is 4.70. The molecular weight excluding hydrogens is 262 g/mol. The minimum absolute atomic E-state index is 0.229. The summed E-state index contributed by atoms with van der Waals surface area (Å²) >= 11 is 0. The molecule has 0 fully saturated rings. The maximum absolute atomic E-state index is 12.5. The van der Waals surface area contributed by atoms with Crippen molar-refractivity contribution in [1.29, 1.82) is 0 Å². The second-order valence-electron chi connectivity index (χ2n) is 4.70. The van der Waals surface area contributed by atoms with Gasteiger partial charge in [0.15, 0.2) is 0 Å². The summed E-state index contributed by atoms with van der Waals surface area (Å²) in [5.41, 5.74) is 7.72. The Bertz CT molecular complexity index is 793. The maximum Gasteiger partial charge on any atom is 0.274 e. The first kappa shape index (κ1) is 13.3. The van der Waals surface area contributed by atoms with Crippen LogP contribution >= 0.6 is 0 Å². The zero-order chi connectivity index (χ0) is 14.7. The average Bonchev–Trinajstić information content (AvgIpc) is 2.54. The van der Waals surface area contributed by atoms with E-state index in [1.165, 1.54) is 0 Å². The number of fused-ring (bicyclic) bond motifs is 1. The third-order valence-corrected chi connectivity index (χ3v) is 3.37. The van der Waals surface area contributed by atoms with Crippen molar-refractivity contribution in [3.63, 3.8) is 0 Å². The molecule has 4 heteroatoms. The molecule has 0 aliphatic rings. The smallest absolute Gasteiger partial charge is 0.274 e. The summed E-state index contributed by atoms with van der Waals surface area (Å²) in [7, 11) is 0. The summed E-state index contributed by atoms with van der Waals surface area (Å²) in [4.78, 5) is 16.7. The van der Waals surface area contributed by atoms with Crippen LogP contribution in [-0.4, -0.2) is 10.9 Å². The number of hydrogen-bond donors (Lipinski definition) is 2. The van der Waals surface area contributed by atoms with Crippen molar-refractivity contribution in [2.75, 3.05) is 5.32 Å². The fourth-order valence-corrected chi connectivity index (χ4v) is 2.30. The van der Waals surface area contributed by atoms with Crippen LogP contribution in [0.15, 0.2) is 60.8 Å². The molecule has 4 nitrogen and oxygen atoms in total. The van der Waals surface area contributed by atoms with Crippen LogP contribution in [0.1, 0.15) is 16.1 Å². The highest BCUT2D eigenvalue weighted by atomic mass is 16.1. The fraction of sp³-hybridized carbons (Fsp3) is 0.0588. The highest BCUT2D eigenvalue weighted by Crippen LogP contribution is 2.19. The fourth-order valence-electron chi connectivity index (χ4n) is 2.30. The third kappa shape index (κ3) is 2.61. The number of carbonyl (C=O) groups excluding carboxylic acids is 1. The van der Waals surface area contributed by atoms with Gasteiger partial charge in [0.2, 0.25) is 0 Å². The first-order valence-electron chi connectivity index (χ1n) is 6.72. The van der Waals surface area contributed by atoms with E-state index in [1.54, 1.807) is 6.20 Å². The van der Waals surface area contributed by atoms with Gasteiger partial charge in [-0.25, -0.2) is 0 Å². The number of aromatic nitrogens is 1. The Morgan fingerprint density at radius 3 is 2.67 bits per heavy atom. The highest BCUT2D eigenvalue weighted by Gasteiger charge is 2.12. The quantitative estimate of drug-likeness (QED) is 0.773. The van der Waals surface area contributed by atoms with Crippen LogP contribution in [0.5, 0.6) is 0 Å². The summed E-state index contributed by atoms with van der Waals surface area (Å²) in [6, 6.07) is 17.1. The van der Waals surface area contributed by atoms with Crippen molar-refractivity contribution < 1.29 is 4.79 Å². The molecule has 0 saturated carbocycles. The van der Waals surface area contributed by atoms with Gasteiger partial charge in [0, 0.05) is 23.8 Å². The Morgan fingerprint density at radius 1 is 1.05 bits per heavy atom. The van der Waals surface area contributed by atoms with Crippen molar-refractivity contribution in [2.45, 2.75) is 6.54 Å². The van der Waals surface area contributed by atoms with Gasteiger partial charge < -0.3 is 11.1 Å². The Balaban J connectivity index is 1.98. The number of nitrogens with two attached hydrogens (primary N) is 1. The van der Waals surface area contributed by atoms with Crippen LogP contribution in [0.25, 0.3) is 10.8 Å². The SMILES string of the molecule is NCc1ccccc1NC(=O)c1nccc2ccccc12. The predicted octanol–water partition coefficient (Wildman–Crippen LogP) is 2.95. The number of hydrogen-bond acceptors (Lipinski definition) is 3. The number of carbonyl (C=O) groups is 1. The van der Waals surface area contributed by atoms with E-state index in [9.17, 15) is 4.79 Å². The Labute approximate surface area is 122 Å². The molecule has 0 radical (unpaired) electrons. The molecule has 3 rings (SSSR count). The topological polar surface area (TPSA) is 68.0 Å². The molecule has 0 atom stereocenters. The number of para-hydroxylation sites is 1. The molecule has 3 N–H and O–H groups in total. The van der Waals surface area contributed by atoms with Crippen LogP contribution in [0, 0.1) is 0 Å². The van der Waals surface area contributed by atoms with E-state index in [1.807, 2.05) is 54.6 Å². The van der Waals surface area contributed by atoms with Gasteiger partial charge >= 0.3 is 0 Å². The number of nitrogens with zero attached hydrogens (tertiary/aromatic N) is 1. The maximum atomic E-state index is 12.5. The van der Waals surface area contributed by atoms with Gasteiger partial charge in [0.1, 0.15) is 5.69 Å². The molecule has 2 aromatic carbocycles. The summed E-state index contributed by atoms with van der Waals surface area (Å²) in [5, 5.41) is 4.71. The summed E-state index contributed by atoms with van der Waals surface area (Å²) in [6.07, 6.45) is 1.64. The standard InChI is InChI=1S/C17H15N3O/c18-11-13-6-2-4-8-15(13)20-17(21)16-14-7-3-1-5-12(14)9-10-19-16/h1-10H,11,18H2,(H,20,21). The summed E-state index contributed by atoms with van der Waals surface area (Å²) in [5.74, 6) is -0.229. The van der Waals surface area contributed by atoms with Crippen LogP contribution in [-0.2, 0) is 6.54 Å². The molecule has 0 aliphatic carbocycles. The molecular formula is C17H15N3O. The van der Waals surface area contributed by atoms with Gasteiger partial charge in [-0.1, -0.05) is 42.5 Å². The van der Waals surface area contributed by atoms with Gasteiger partial charge in [0.25, 0.3) is 5.91 Å². The lowest BCUT2D eigenvalue weighted by Crippen LogP contribution is -2.16. The van der Waals surface area contributed by atoms with E-state index >= 15 is 0 Å². The van der Waals surface area contributed by atoms with Crippen molar-refractivity contribution in [3.8, 4) is 0 Å². The molecule has 0 aliphatic heterocycles. The molecule has 1 amide bonds. The Kier molecular flexibility index (Phi) is 3.62. The molecule has 21 heavy (non-hydrogen) atoms. The molecule has 104 valence electrons. The van der Waals surface area contributed by atoms with Gasteiger partial charge in [-0.15, -0.1) is 0 Å². The van der Waals surface area contributed by atoms with Crippen LogP contribution in [0.3, 0.4) is 0 Å². The monoisotopic (exact) mass is 277 g/mol. The number of pyridine rings is 1. The lowest BCUT2D eigenvalue weighted by atomic mass is 10.1. The van der Waals surface area contributed by atoms with Crippen molar-refractivity contribution in [2.24, 2.45) is 5.73 Å². The van der Waals surface area contributed by atoms with Crippen LogP contribution in [0.4, 0.5) is 5.69 Å². The van der Waals surface area contributed by atoms with Crippen LogP contribution in [0.2, 0.25) is 0 Å². The number of anilines is 1. The molecule has 1 aromatic heterocycles. The average molecular weight is 277 g/mol. The van der Waals surface area contributed by atoms with Crippen molar-refractivity contribution in [1.82, 2.24) is 4.98 Å². The minimum atomic E-state index is -0.229. The van der Waals surface area contributed by atoms with E-state index < -0.39 is 0 Å². The molecule has 0 saturated heterocycles. The Morgan fingerprint density at radius 2 is 1.81 bits per heavy atom. The first-order valence-corrected chi connectivity index (χ1v) is 6.72. The second kappa shape index (κ2) is 5.73. The zero-order valence-corrected chi connectivity index (χ0v) is 11.4. The van der Waals surface area contributed by atoms with E-state index in [2.05, 4.69) is 10.3 Å².